The SMILES string of the molecule is O=COc1ccc(Oc2ccc(C(F)(F)F)cn2)cc1. The molecular weight excluding hydrogens is 275 g/mol. The molecule has 4 nitrogen and oxygen atoms in total. The van der Waals surface area contributed by atoms with Gasteiger partial charge in [0.05, 0.1) is 5.56 Å². The topological polar surface area (TPSA) is 48.4 Å². The number of carbonyl (C=O) groups excluding carboxylic acids is 1. The minimum atomic E-state index is -4.43. The maximum atomic E-state index is 12.3. The summed E-state index contributed by atoms with van der Waals surface area (Å²) in [6.45, 7) is 0.285. The largest absolute Gasteiger partial charge is 0.439 e. The number of hydrogen-bond acceptors (Lipinski definition) is 4. The highest BCUT2D eigenvalue weighted by Crippen LogP contribution is 2.30. The molecule has 0 saturated carbocycles. The van der Waals surface area contributed by atoms with Crippen LogP contribution >= 0.6 is 0 Å². The summed E-state index contributed by atoms with van der Waals surface area (Å²) in [5.41, 5.74) is -0.848. The van der Waals surface area contributed by atoms with Crippen molar-refractivity contribution in [2.75, 3.05) is 0 Å². The zero-order valence-electron chi connectivity index (χ0n) is 9.92. The molecule has 0 bridgehead atoms. The molecule has 0 aliphatic carbocycles. The van der Waals surface area contributed by atoms with Crippen molar-refractivity contribution in [2.45, 2.75) is 6.18 Å². The predicted molar refractivity (Wildman–Crippen MR) is 62.4 cm³/mol. The van der Waals surface area contributed by atoms with Crippen LogP contribution in [0.1, 0.15) is 5.56 Å². The van der Waals surface area contributed by atoms with E-state index in [-0.39, 0.29) is 12.4 Å². The fourth-order valence-corrected chi connectivity index (χ4v) is 1.37. The monoisotopic (exact) mass is 283 g/mol. The first-order valence-corrected chi connectivity index (χ1v) is 5.40. The standard InChI is InChI=1S/C13H8F3NO3/c14-13(15,16)9-1-6-12(17-7-9)20-11-4-2-10(3-5-11)19-8-18/h1-8H. The van der Waals surface area contributed by atoms with Crippen LogP contribution in [0.5, 0.6) is 17.4 Å². The van der Waals surface area contributed by atoms with E-state index >= 15 is 0 Å². The molecule has 2 rings (SSSR count). The highest BCUT2D eigenvalue weighted by molar-refractivity contribution is 5.46. The number of rotatable bonds is 4. The van der Waals surface area contributed by atoms with E-state index in [1.165, 1.54) is 24.3 Å². The Labute approximate surface area is 111 Å². The van der Waals surface area contributed by atoms with E-state index in [1.54, 1.807) is 0 Å². The summed E-state index contributed by atoms with van der Waals surface area (Å²) < 4.78 is 46.9. The molecule has 0 aliphatic rings. The average molecular weight is 283 g/mol. The first-order chi connectivity index (χ1) is 9.49. The van der Waals surface area contributed by atoms with Crippen LogP contribution in [0, 0.1) is 0 Å². The number of nitrogens with zero attached hydrogens (tertiary/aromatic N) is 1. The van der Waals surface area contributed by atoms with Gasteiger partial charge >= 0.3 is 6.18 Å². The van der Waals surface area contributed by atoms with Crippen molar-refractivity contribution in [3.05, 3.63) is 48.2 Å². The molecule has 2 aromatic rings. The number of hydrogen-bond donors (Lipinski definition) is 0. The lowest BCUT2D eigenvalue weighted by Gasteiger charge is -2.08. The van der Waals surface area contributed by atoms with Gasteiger partial charge in [0.1, 0.15) is 11.5 Å². The van der Waals surface area contributed by atoms with E-state index < -0.39 is 11.7 Å². The second-order valence-corrected chi connectivity index (χ2v) is 3.67. The lowest BCUT2D eigenvalue weighted by molar-refractivity contribution is -0.137. The van der Waals surface area contributed by atoms with Crippen LogP contribution in [-0.4, -0.2) is 11.5 Å². The summed E-state index contributed by atoms with van der Waals surface area (Å²) >= 11 is 0. The Bertz CT molecular complexity index is 579. The predicted octanol–water partition coefficient (Wildman–Crippen LogP) is 3.43. The van der Waals surface area contributed by atoms with Crippen molar-refractivity contribution in [3.8, 4) is 17.4 Å². The first kappa shape index (κ1) is 13.9. The van der Waals surface area contributed by atoms with Gasteiger partial charge < -0.3 is 9.47 Å². The molecule has 0 unspecified atom stereocenters. The quantitative estimate of drug-likeness (QED) is 0.807. The Morgan fingerprint density at radius 3 is 2.15 bits per heavy atom. The fraction of sp³-hybridized carbons (Fsp3) is 0.0769. The number of ether oxygens (including phenoxy) is 2. The summed E-state index contributed by atoms with van der Waals surface area (Å²) in [4.78, 5) is 13.7. The number of halogens is 3. The highest BCUT2D eigenvalue weighted by Gasteiger charge is 2.30. The molecule has 0 N–H and O–H groups in total. The minimum absolute atomic E-state index is 0.0297. The molecule has 1 aromatic carbocycles. The third-order valence-corrected chi connectivity index (χ3v) is 2.29. The van der Waals surface area contributed by atoms with Gasteiger partial charge in [-0.25, -0.2) is 4.98 Å². The molecule has 0 aliphatic heterocycles. The molecule has 0 fully saturated rings. The van der Waals surface area contributed by atoms with Gasteiger partial charge in [-0.15, -0.1) is 0 Å². The fourth-order valence-electron chi connectivity index (χ4n) is 1.37. The summed E-state index contributed by atoms with van der Waals surface area (Å²) in [6.07, 6.45) is -3.74. The van der Waals surface area contributed by atoms with Crippen molar-refractivity contribution in [2.24, 2.45) is 0 Å². The third kappa shape index (κ3) is 3.47. The van der Waals surface area contributed by atoms with Crippen molar-refractivity contribution in [1.82, 2.24) is 4.98 Å². The molecule has 7 heteroatoms. The molecule has 0 radical (unpaired) electrons. The van der Waals surface area contributed by atoms with Gasteiger partial charge in [0, 0.05) is 12.3 Å². The molecule has 0 spiro atoms. The van der Waals surface area contributed by atoms with Crippen LogP contribution in [-0.2, 0) is 11.0 Å². The normalized spacial score (nSPS) is 10.9. The van der Waals surface area contributed by atoms with Gasteiger partial charge in [-0.05, 0) is 30.3 Å². The van der Waals surface area contributed by atoms with Crippen LogP contribution in [0.3, 0.4) is 0 Å². The Morgan fingerprint density at radius 2 is 1.65 bits per heavy atom. The molecular formula is C13H8F3NO3. The van der Waals surface area contributed by atoms with Gasteiger partial charge in [-0.2, -0.15) is 13.2 Å². The number of carbonyl (C=O) groups is 1. The Hall–Kier alpha value is -2.57. The van der Waals surface area contributed by atoms with E-state index in [1.807, 2.05) is 0 Å². The summed E-state index contributed by atoms with van der Waals surface area (Å²) in [5.74, 6) is 0.713. The lowest BCUT2D eigenvalue weighted by atomic mass is 10.3. The number of pyridine rings is 1. The number of aromatic nitrogens is 1. The van der Waals surface area contributed by atoms with E-state index in [0.717, 1.165) is 12.1 Å². The Kier molecular flexibility index (Phi) is 3.88. The van der Waals surface area contributed by atoms with Crippen LogP contribution in [0.4, 0.5) is 13.2 Å². The second-order valence-electron chi connectivity index (χ2n) is 3.67. The molecule has 0 amide bonds. The summed E-state index contributed by atoms with van der Waals surface area (Å²) in [6, 6.07) is 7.96. The number of alkyl halides is 3. The summed E-state index contributed by atoms with van der Waals surface area (Å²) in [7, 11) is 0. The van der Waals surface area contributed by atoms with E-state index in [0.29, 0.717) is 17.7 Å². The molecule has 0 saturated heterocycles. The van der Waals surface area contributed by atoms with Gasteiger partial charge in [0.25, 0.3) is 6.47 Å². The van der Waals surface area contributed by atoms with Crippen molar-refractivity contribution in [1.29, 1.82) is 0 Å². The molecule has 104 valence electrons. The van der Waals surface area contributed by atoms with Crippen molar-refractivity contribution >= 4 is 6.47 Å². The zero-order valence-corrected chi connectivity index (χ0v) is 9.92. The van der Waals surface area contributed by atoms with Crippen LogP contribution < -0.4 is 9.47 Å². The van der Waals surface area contributed by atoms with E-state index in [4.69, 9.17) is 4.74 Å². The first-order valence-electron chi connectivity index (χ1n) is 5.40. The van der Waals surface area contributed by atoms with Crippen LogP contribution in [0.2, 0.25) is 0 Å². The Balaban J connectivity index is 2.08. The smallest absolute Gasteiger partial charge is 0.417 e. The zero-order chi connectivity index (χ0) is 14.6. The van der Waals surface area contributed by atoms with Gasteiger partial charge in [0.2, 0.25) is 5.88 Å². The van der Waals surface area contributed by atoms with Gasteiger partial charge in [-0.3, -0.25) is 4.79 Å². The van der Waals surface area contributed by atoms with E-state index in [2.05, 4.69) is 9.72 Å². The molecule has 0 atom stereocenters. The summed E-state index contributed by atoms with van der Waals surface area (Å²) in [5, 5.41) is 0. The van der Waals surface area contributed by atoms with E-state index in [9.17, 15) is 18.0 Å². The van der Waals surface area contributed by atoms with Gasteiger partial charge in [0.15, 0.2) is 0 Å². The molecule has 1 heterocycles. The molecule has 1 aromatic heterocycles. The van der Waals surface area contributed by atoms with Gasteiger partial charge in [-0.1, -0.05) is 0 Å². The second kappa shape index (κ2) is 5.60. The lowest BCUT2D eigenvalue weighted by Crippen LogP contribution is -2.05. The Morgan fingerprint density at radius 1 is 1.00 bits per heavy atom. The average Bonchev–Trinajstić information content (AvgIpc) is 2.41. The highest BCUT2D eigenvalue weighted by atomic mass is 19.4. The van der Waals surface area contributed by atoms with Crippen molar-refractivity contribution < 1.29 is 27.4 Å². The maximum Gasteiger partial charge on any atom is 0.417 e. The molecule has 20 heavy (non-hydrogen) atoms. The number of benzene rings is 1. The maximum absolute atomic E-state index is 12.3. The van der Waals surface area contributed by atoms with Crippen LogP contribution in [0.25, 0.3) is 0 Å². The van der Waals surface area contributed by atoms with Crippen molar-refractivity contribution in [3.63, 3.8) is 0 Å². The third-order valence-electron chi connectivity index (χ3n) is 2.29. The van der Waals surface area contributed by atoms with Crippen LogP contribution in [0.15, 0.2) is 42.6 Å². The minimum Gasteiger partial charge on any atom is -0.439 e.